The van der Waals surface area contributed by atoms with E-state index in [1.165, 1.54) is 4.90 Å². The molecule has 0 saturated carbocycles. The fourth-order valence-corrected chi connectivity index (χ4v) is 4.19. The van der Waals surface area contributed by atoms with Crippen molar-refractivity contribution in [1.29, 1.82) is 0 Å². The number of rotatable bonds is 15. The van der Waals surface area contributed by atoms with Gasteiger partial charge in [0.2, 0.25) is 17.8 Å². The fraction of sp³-hybridized carbons (Fsp3) is 0.600. The lowest BCUT2D eigenvalue weighted by molar-refractivity contribution is -0.144. The van der Waals surface area contributed by atoms with Crippen LogP contribution in [0.5, 0.6) is 5.75 Å². The van der Waals surface area contributed by atoms with Gasteiger partial charge >= 0.3 is 5.97 Å². The third-order valence-corrected chi connectivity index (χ3v) is 6.04. The quantitative estimate of drug-likeness (QED) is 0.378. The van der Waals surface area contributed by atoms with Gasteiger partial charge in [-0.05, 0) is 37.5 Å². The van der Waals surface area contributed by atoms with Crippen LogP contribution in [0, 0.1) is 0 Å². The molecular weight excluding hydrogens is 436 g/mol. The third kappa shape index (κ3) is 7.74. The van der Waals surface area contributed by atoms with E-state index in [0.29, 0.717) is 38.6 Å². The number of fused-ring (bicyclic) bond motifs is 2. The molecule has 0 spiro atoms. The van der Waals surface area contributed by atoms with Gasteiger partial charge in [0.25, 0.3) is 0 Å². The van der Waals surface area contributed by atoms with Gasteiger partial charge in [0, 0.05) is 25.1 Å². The molecule has 1 saturated heterocycles. The molecule has 0 atom stereocenters. The van der Waals surface area contributed by atoms with Gasteiger partial charge in [-0.3, -0.25) is 19.7 Å². The van der Waals surface area contributed by atoms with Crippen LogP contribution in [0.1, 0.15) is 70.3 Å². The van der Waals surface area contributed by atoms with Crippen molar-refractivity contribution in [2.24, 2.45) is 4.99 Å². The topological polar surface area (TPSA) is 112 Å². The highest BCUT2D eigenvalue weighted by atomic mass is 16.5. The average Bonchev–Trinajstić information content (AvgIpc) is 3.17. The molecule has 0 radical (unpaired) electrons. The van der Waals surface area contributed by atoms with Crippen molar-refractivity contribution in [1.82, 2.24) is 15.1 Å². The fourth-order valence-electron chi connectivity index (χ4n) is 4.19. The van der Waals surface area contributed by atoms with Crippen LogP contribution in [0.25, 0.3) is 0 Å². The maximum absolute atomic E-state index is 12.4. The van der Waals surface area contributed by atoms with E-state index in [4.69, 9.17) is 9.84 Å². The maximum atomic E-state index is 12.4. The minimum absolute atomic E-state index is 0.0358. The average molecular weight is 473 g/mol. The number of carboxylic acid groups (broad SMARTS) is 1. The first kappa shape index (κ1) is 25.5. The maximum Gasteiger partial charge on any atom is 0.323 e. The van der Waals surface area contributed by atoms with Crippen molar-refractivity contribution in [3.8, 4) is 5.75 Å². The number of nitrogens with zero attached hydrogens (tertiary/aromatic N) is 3. The Balaban J connectivity index is 1.31. The van der Waals surface area contributed by atoms with Gasteiger partial charge in [0.05, 0.1) is 12.3 Å². The Labute approximate surface area is 201 Å². The number of ether oxygens (including phenoxy) is 1. The summed E-state index contributed by atoms with van der Waals surface area (Å²) in [6.45, 7) is 3.99. The van der Waals surface area contributed by atoms with Crippen molar-refractivity contribution in [2.75, 3.05) is 26.2 Å². The summed E-state index contributed by atoms with van der Waals surface area (Å²) in [6.07, 6.45) is 7.97. The molecule has 0 aromatic heterocycles. The molecule has 9 nitrogen and oxygen atoms in total. The smallest absolute Gasteiger partial charge is 0.323 e. The van der Waals surface area contributed by atoms with Crippen molar-refractivity contribution in [2.45, 2.75) is 71.3 Å². The van der Waals surface area contributed by atoms with Gasteiger partial charge in [-0.2, -0.15) is 0 Å². The summed E-state index contributed by atoms with van der Waals surface area (Å²) in [4.78, 5) is 42.9. The van der Waals surface area contributed by atoms with E-state index in [1.54, 1.807) is 0 Å². The zero-order valence-electron chi connectivity index (χ0n) is 20.1. The van der Waals surface area contributed by atoms with Crippen LogP contribution < -0.4 is 10.1 Å². The van der Waals surface area contributed by atoms with Crippen LogP contribution in [0.2, 0.25) is 0 Å². The van der Waals surface area contributed by atoms with Gasteiger partial charge in [0.1, 0.15) is 18.8 Å². The molecule has 2 heterocycles. The lowest BCUT2D eigenvalue weighted by Crippen LogP contribution is -2.36. The molecule has 2 aliphatic heterocycles. The number of aliphatic imine (C=N–C) groups is 1. The Hall–Kier alpha value is -3.10. The summed E-state index contributed by atoms with van der Waals surface area (Å²) in [5.74, 6) is 0.350. The number of nitrogens with one attached hydrogen (secondary N) is 1. The zero-order valence-corrected chi connectivity index (χ0v) is 20.1. The molecule has 1 fully saturated rings. The number of carboxylic acids is 1. The molecule has 2 N–H and O–H groups in total. The number of carbonyl (C=O) groups excluding carboxylic acids is 2. The highest BCUT2D eigenvalue weighted by Crippen LogP contribution is 2.30. The normalized spacial score (nSPS) is 14.2. The van der Waals surface area contributed by atoms with E-state index >= 15 is 0 Å². The Bertz CT molecular complexity index is 901. The molecule has 0 unspecified atom stereocenters. The second kappa shape index (κ2) is 13.0. The number of amides is 2. The standard InChI is InChI=1S/C25H36N4O5/c1-2-3-4-8-13-28(18-24(32)33)23(31)10-7-5-6-9-14-34-20-11-12-21-19(15-20)16-29-17-22(30)27-25(29)26-21/h11-12,15H,2-10,13-14,16-18H2,1H3,(H,32,33)(H,26,27,30). The highest BCUT2D eigenvalue weighted by Gasteiger charge is 2.29. The summed E-state index contributed by atoms with van der Waals surface area (Å²) < 4.78 is 5.89. The molecule has 1 aromatic carbocycles. The van der Waals surface area contributed by atoms with Gasteiger partial charge in [-0.25, -0.2) is 4.99 Å². The molecule has 9 heteroatoms. The SMILES string of the molecule is CCCCCCN(CC(=O)O)C(=O)CCCCCCOc1ccc2c(c1)CN1CC(=O)NC1=N2. The number of carbonyl (C=O) groups is 3. The van der Waals surface area contributed by atoms with Crippen molar-refractivity contribution in [3.05, 3.63) is 23.8 Å². The van der Waals surface area contributed by atoms with Crippen LogP contribution in [-0.4, -0.2) is 64.9 Å². The van der Waals surface area contributed by atoms with Crippen molar-refractivity contribution < 1.29 is 24.2 Å². The van der Waals surface area contributed by atoms with E-state index in [9.17, 15) is 14.4 Å². The first-order valence-electron chi connectivity index (χ1n) is 12.3. The number of hydrogen-bond donors (Lipinski definition) is 2. The zero-order chi connectivity index (χ0) is 24.3. The van der Waals surface area contributed by atoms with Crippen LogP contribution in [0.15, 0.2) is 23.2 Å². The van der Waals surface area contributed by atoms with E-state index < -0.39 is 5.97 Å². The molecular formula is C25H36N4O5. The second-order valence-electron chi connectivity index (χ2n) is 8.91. The van der Waals surface area contributed by atoms with Gasteiger partial charge in [-0.15, -0.1) is 0 Å². The Morgan fingerprint density at radius 3 is 2.71 bits per heavy atom. The molecule has 2 amide bonds. The lowest BCUT2D eigenvalue weighted by Gasteiger charge is -2.23. The van der Waals surface area contributed by atoms with Crippen LogP contribution in [0.4, 0.5) is 5.69 Å². The minimum atomic E-state index is -0.957. The summed E-state index contributed by atoms with van der Waals surface area (Å²) in [5, 5.41) is 11.8. The summed E-state index contributed by atoms with van der Waals surface area (Å²) in [6, 6.07) is 5.79. The van der Waals surface area contributed by atoms with E-state index in [2.05, 4.69) is 17.2 Å². The summed E-state index contributed by atoms with van der Waals surface area (Å²) in [5.41, 5.74) is 1.89. The molecule has 1 aromatic rings. The van der Waals surface area contributed by atoms with E-state index in [-0.39, 0.29) is 18.4 Å². The highest BCUT2D eigenvalue weighted by molar-refractivity contribution is 6.05. The van der Waals surface area contributed by atoms with Gasteiger partial charge in [-0.1, -0.05) is 39.0 Å². The van der Waals surface area contributed by atoms with E-state index in [1.807, 2.05) is 23.1 Å². The first-order valence-corrected chi connectivity index (χ1v) is 12.3. The van der Waals surface area contributed by atoms with Crippen LogP contribution in [0.3, 0.4) is 0 Å². The minimum Gasteiger partial charge on any atom is -0.494 e. The molecule has 0 aliphatic carbocycles. The van der Waals surface area contributed by atoms with Crippen molar-refractivity contribution in [3.63, 3.8) is 0 Å². The van der Waals surface area contributed by atoms with Gasteiger partial charge < -0.3 is 19.6 Å². The number of guanidine groups is 1. The predicted molar refractivity (Wildman–Crippen MR) is 129 cm³/mol. The predicted octanol–water partition coefficient (Wildman–Crippen LogP) is 3.44. The molecule has 2 aliphatic rings. The summed E-state index contributed by atoms with van der Waals surface area (Å²) in [7, 11) is 0. The van der Waals surface area contributed by atoms with Crippen LogP contribution in [-0.2, 0) is 20.9 Å². The number of aliphatic carboxylic acids is 1. The molecule has 34 heavy (non-hydrogen) atoms. The van der Waals surface area contributed by atoms with Crippen LogP contribution >= 0.6 is 0 Å². The lowest BCUT2D eigenvalue weighted by atomic mass is 10.1. The Morgan fingerprint density at radius 2 is 1.91 bits per heavy atom. The van der Waals surface area contributed by atoms with E-state index in [0.717, 1.165) is 68.4 Å². The Morgan fingerprint density at radius 1 is 1.12 bits per heavy atom. The second-order valence-corrected chi connectivity index (χ2v) is 8.91. The third-order valence-electron chi connectivity index (χ3n) is 6.04. The molecule has 0 bridgehead atoms. The Kier molecular flexibility index (Phi) is 9.73. The van der Waals surface area contributed by atoms with Crippen molar-refractivity contribution >= 4 is 29.4 Å². The first-order chi connectivity index (χ1) is 16.5. The van der Waals surface area contributed by atoms with Gasteiger partial charge in [0.15, 0.2) is 0 Å². The number of benzene rings is 1. The number of unbranched alkanes of at least 4 members (excludes halogenated alkanes) is 6. The largest absolute Gasteiger partial charge is 0.494 e. The molecule has 3 rings (SSSR count). The summed E-state index contributed by atoms with van der Waals surface area (Å²) >= 11 is 0. The number of hydrogen-bond acceptors (Lipinski definition) is 6. The molecule has 186 valence electrons. The monoisotopic (exact) mass is 472 g/mol.